The summed E-state index contributed by atoms with van der Waals surface area (Å²) in [4.78, 5) is 0. The van der Waals surface area contributed by atoms with Crippen LogP contribution in [0.25, 0.3) is 0 Å². The molecule has 20 heavy (non-hydrogen) atoms. The maximum Gasteiger partial charge on any atom is 0.0883 e. The van der Waals surface area contributed by atoms with Gasteiger partial charge in [-0.25, -0.2) is 0 Å². The zero-order chi connectivity index (χ0) is 15.2. The fourth-order valence-corrected chi connectivity index (χ4v) is 3.05. The first-order valence-electron chi connectivity index (χ1n) is 7.59. The normalized spacial score (nSPS) is 13.7. The van der Waals surface area contributed by atoms with Crippen molar-refractivity contribution >= 4 is 11.6 Å². The molecular formula is C15H28ClN3O. The monoisotopic (exact) mass is 301 g/mol. The third kappa shape index (κ3) is 3.35. The van der Waals surface area contributed by atoms with Crippen LogP contribution in [0.5, 0.6) is 0 Å². The lowest BCUT2D eigenvalue weighted by Crippen LogP contribution is -2.46. The maximum absolute atomic E-state index is 6.40. The van der Waals surface area contributed by atoms with Gasteiger partial charge in [0, 0.05) is 13.7 Å². The lowest BCUT2D eigenvalue weighted by Gasteiger charge is -2.39. The minimum Gasteiger partial charge on any atom is -0.376 e. The fraction of sp³-hybridized carbons (Fsp3) is 0.800. The van der Waals surface area contributed by atoms with Crippen molar-refractivity contribution < 1.29 is 4.74 Å². The third-order valence-electron chi connectivity index (χ3n) is 4.13. The van der Waals surface area contributed by atoms with Crippen LogP contribution in [-0.4, -0.2) is 29.0 Å². The third-order valence-corrected chi connectivity index (χ3v) is 4.43. The van der Waals surface area contributed by atoms with Crippen molar-refractivity contribution in [3.05, 3.63) is 16.9 Å². The summed E-state index contributed by atoms with van der Waals surface area (Å²) in [6, 6.07) is 0.0531. The Balaban J connectivity index is 3.26. The summed E-state index contributed by atoms with van der Waals surface area (Å²) in [6.07, 6.45) is 4.65. The Hall–Kier alpha value is -0.580. The predicted octanol–water partition coefficient (Wildman–Crippen LogP) is 3.80. The molecule has 0 saturated carbocycles. The van der Waals surface area contributed by atoms with Crippen molar-refractivity contribution in [2.75, 3.05) is 13.7 Å². The molecule has 116 valence electrons. The molecule has 1 rings (SSSR count). The van der Waals surface area contributed by atoms with Gasteiger partial charge in [0.25, 0.3) is 0 Å². The standard InChI is InChI=1S/C15H28ClN3O/c1-6-10-17-14(15(7-2,8-3)20-5)13-12(16)11-18-19(13)9-4/h11,14,17H,6-10H2,1-5H3. The maximum atomic E-state index is 6.40. The van der Waals surface area contributed by atoms with Gasteiger partial charge in [-0.1, -0.05) is 32.4 Å². The summed E-state index contributed by atoms with van der Waals surface area (Å²) in [5.41, 5.74) is 0.777. The number of nitrogens with one attached hydrogen (secondary N) is 1. The van der Waals surface area contributed by atoms with Gasteiger partial charge < -0.3 is 10.1 Å². The second kappa shape index (κ2) is 8.01. The van der Waals surface area contributed by atoms with Crippen LogP contribution >= 0.6 is 11.6 Å². The van der Waals surface area contributed by atoms with Gasteiger partial charge in [-0.15, -0.1) is 0 Å². The van der Waals surface area contributed by atoms with Gasteiger partial charge in [0.05, 0.1) is 28.6 Å². The molecule has 0 amide bonds. The highest BCUT2D eigenvalue weighted by Gasteiger charge is 2.39. The second-order valence-electron chi connectivity index (χ2n) is 5.06. The van der Waals surface area contributed by atoms with Gasteiger partial charge in [-0.05, 0) is 32.7 Å². The molecule has 1 atom stereocenters. The second-order valence-corrected chi connectivity index (χ2v) is 5.46. The molecule has 1 heterocycles. The van der Waals surface area contributed by atoms with Crippen LogP contribution in [0.1, 0.15) is 58.7 Å². The highest BCUT2D eigenvalue weighted by molar-refractivity contribution is 6.31. The number of hydrogen-bond acceptors (Lipinski definition) is 3. The van der Waals surface area contributed by atoms with E-state index in [2.05, 4.69) is 38.1 Å². The number of aromatic nitrogens is 2. The van der Waals surface area contributed by atoms with E-state index in [1.807, 2.05) is 4.68 Å². The summed E-state index contributed by atoms with van der Waals surface area (Å²) in [5, 5.41) is 8.69. The van der Waals surface area contributed by atoms with Crippen molar-refractivity contribution in [1.82, 2.24) is 15.1 Å². The van der Waals surface area contributed by atoms with Crippen molar-refractivity contribution in [1.29, 1.82) is 0 Å². The molecule has 0 aliphatic rings. The van der Waals surface area contributed by atoms with E-state index in [4.69, 9.17) is 16.3 Å². The van der Waals surface area contributed by atoms with E-state index in [0.29, 0.717) is 5.02 Å². The van der Waals surface area contributed by atoms with E-state index in [0.717, 1.165) is 38.0 Å². The van der Waals surface area contributed by atoms with Crippen LogP contribution in [0, 0.1) is 0 Å². The highest BCUT2D eigenvalue weighted by Crippen LogP contribution is 2.37. The molecule has 0 aliphatic carbocycles. The number of aryl methyl sites for hydroxylation is 1. The average Bonchev–Trinajstić information content (AvgIpc) is 2.85. The predicted molar refractivity (Wildman–Crippen MR) is 84.3 cm³/mol. The number of halogens is 1. The molecule has 0 fully saturated rings. The van der Waals surface area contributed by atoms with E-state index in [1.165, 1.54) is 0 Å². The lowest BCUT2D eigenvalue weighted by molar-refractivity contribution is -0.0506. The number of nitrogens with zero attached hydrogens (tertiary/aromatic N) is 2. The Morgan fingerprint density at radius 1 is 1.35 bits per heavy atom. The minimum atomic E-state index is -0.258. The average molecular weight is 302 g/mol. The SMILES string of the molecule is CCCNC(c1c(Cl)cnn1CC)C(CC)(CC)OC. The molecule has 0 radical (unpaired) electrons. The van der Waals surface area contributed by atoms with Gasteiger partial charge in [0.15, 0.2) is 0 Å². The van der Waals surface area contributed by atoms with Crippen LogP contribution in [0.2, 0.25) is 5.02 Å². The van der Waals surface area contributed by atoms with Crippen LogP contribution < -0.4 is 5.32 Å². The quantitative estimate of drug-likeness (QED) is 0.754. The van der Waals surface area contributed by atoms with E-state index in [1.54, 1.807) is 13.3 Å². The first-order chi connectivity index (χ1) is 9.60. The molecule has 1 aromatic heterocycles. The Labute approximate surface area is 127 Å². The van der Waals surface area contributed by atoms with Crippen LogP contribution in [-0.2, 0) is 11.3 Å². The van der Waals surface area contributed by atoms with Gasteiger partial charge >= 0.3 is 0 Å². The molecule has 0 spiro atoms. The topological polar surface area (TPSA) is 39.1 Å². The summed E-state index contributed by atoms with van der Waals surface area (Å²) in [7, 11) is 1.79. The van der Waals surface area contributed by atoms with E-state index in [9.17, 15) is 0 Å². The zero-order valence-corrected chi connectivity index (χ0v) is 14.1. The van der Waals surface area contributed by atoms with E-state index < -0.39 is 0 Å². The van der Waals surface area contributed by atoms with Gasteiger partial charge in [0.1, 0.15) is 0 Å². The summed E-state index contributed by atoms with van der Waals surface area (Å²) < 4.78 is 7.88. The van der Waals surface area contributed by atoms with Crippen LogP contribution in [0.3, 0.4) is 0 Å². The smallest absolute Gasteiger partial charge is 0.0883 e. The molecule has 5 heteroatoms. The molecule has 0 aliphatic heterocycles. The molecular weight excluding hydrogens is 274 g/mol. The Kier molecular flexibility index (Phi) is 7.00. The van der Waals surface area contributed by atoms with Gasteiger partial charge in [-0.3, -0.25) is 4.68 Å². The van der Waals surface area contributed by atoms with E-state index >= 15 is 0 Å². The molecule has 4 nitrogen and oxygen atoms in total. The number of methoxy groups -OCH3 is 1. The van der Waals surface area contributed by atoms with Crippen LogP contribution in [0.15, 0.2) is 6.20 Å². The molecule has 0 bridgehead atoms. The van der Waals surface area contributed by atoms with Gasteiger partial charge in [-0.2, -0.15) is 5.10 Å². The first-order valence-corrected chi connectivity index (χ1v) is 7.97. The molecule has 1 unspecified atom stereocenters. The van der Waals surface area contributed by atoms with Crippen molar-refractivity contribution in [3.8, 4) is 0 Å². The Morgan fingerprint density at radius 3 is 2.45 bits per heavy atom. The number of rotatable bonds is 9. The van der Waals surface area contributed by atoms with Gasteiger partial charge in [0.2, 0.25) is 0 Å². The molecule has 0 aromatic carbocycles. The number of hydrogen-bond donors (Lipinski definition) is 1. The fourth-order valence-electron chi connectivity index (χ4n) is 2.80. The zero-order valence-electron chi connectivity index (χ0n) is 13.4. The van der Waals surface area contributed by atoms with E-state index in [-0.39, 0.29) is 11.6 Å². The summed E-state index contributed by atoms with van der Waals surface area (Å²) in [6.45, 7) is 10.3. The van der Waals surface area contributed by atoms with Crippen molar-refractivity contribution in [2.24, 2.45) is 0 Å². The summed E-state index contributed by atoms with van der Waals surface area (Å²) in [5.74, 6) is 0. The van der Waals surface area contributed by atoms with Crippen molar-refractivity contribution in [3.63, 3.8) is 0 Å². The number of ether oxygens (including phenoxy) is 1. The largest absolute Gasteiger partial charge is 0.376 e. The first kappa shape index (κ1) is 17.5. The minimum absolute atomic E-state index is 0.0531. The lowest BCUT2D eigenvalue weighted by atomic mass is 9.85. The Bertz CT molecular complexity index is 394. The van der Waals surface area contributed by atoms with Crippen LogP contribution in [0.4, 0.5) is 0 Å². The Morgan fingerprint density at radius 2 is 2.00 bits per heavy atom. The molecule has 0 saturated heterocycles. The van der Waals surface area contributed by atoms with Crippen molar-refractivity contribution in [2.45, 2.75) is 65.1 Å². The molecule has 1 N–H and O–H groups in total. The highest BCUT2D eigenvalue weighted by atomic mass is 35.5. The molecule has 1 aromatic rings. The summed E-state index contributed by atoms with van der Waals surface area (Å²) >= 11 is 6.40.